The summed E-state index contributed by atoms with van der Waals surface area (Å²) in [5.41, 5.74) is 1.31. The largest absolute Gasteiger partial charge is 0.264 e. The van der Waals surface area contributed by atoms with Crippen molar-refractivity contribution in [2.45, 2.75) is 30.7 Å². The summed E-state index contributed by atoms with van der Waals surface area (Å²) in [5.74, 6) is -0.339. The molecule has 2 aromatic carbocycles. The van der Waals surface area contributed by atoms with Crippen molar-refractivity contribution in [3.8, 4) is 0 Å². The Morgan fingerprint density at radius 2 is 1.86 bits per heavy atom. The Labute approximate surface area is 137 Å². The van der Waals surface area contributed by atoms with Gasteiger partial charge in [-0.15, -0.1) is 0 Å². The summed E-state index contributed by atoms with van der Waals surface area (Å²) < 4.78 is 41.6. The van der Waals surface area contributed by atoms with Gasteiger partial charge in [0.2, 0.25) is 0 Å². The predicted octanol–water partition coefficient (Wildman–Crippen LogP) is 4.12. The molecule has 1 atom stereocenters. The van der Waals surface area contributed by atoms with Crippen LogP contribution < -0.4 is 4.31 Å². The van der Waals surface area contributed by atoms with E-state index in [0.717, 1.165) is 10.0 Å². The first-order valence-corrected chi connectivity index (χ1v) is 9.21. The number of fused-ring (bicyclic) bond motifs is 1. The van der Waals surface area contributed by atoms with Crippen molar-refractivity contribution in [1.82, 2.24) is 0 Å². The average Bonchev–Trinajstić information content (AvgIpc) is 2.47. The van der Waals surface area contributed by atoms with Crippen LogP contribution >= 0.6 is 15.9 Å². The van der Waals surface area contributed by atoms with Crippen molar-refractivity contribution in [2.24, 2.45) is 0 Å². The van der Waals surface area contributed by atoms with Gasteiger partial charge in [-0.3, -0.25) is 4.31 Å². The molecule has 2 aromatic rings. The van der Waals surface area contributed by atoms with Crippen LogP contribution in [0, 0.1) is 5.82 Å². The monoisotopic (exact) mass is 383 g/mol. The molecule has 0 saturated heterocycles. The zero-order valence-corrected chi connectivity index (χ0v) is 14.4. The van der Waals surface area contributed by atoms with Gasteiger partial charge in [-0.1, -0.05) is 15.9 Å². The zero-order valence-electron chi connectivity index (χ0n) is 12.0. The lowest BCUT2D eigenvalue weighted by Gasteiger charge is -2.36. The van der Waals surface area contributed by atoms with Crippen molar-refractivity contribution in [3.05, 3.63) is 58.3 Å². The minimum absolute atomic E-state index is 0.161. The molecule has 116 valence electrons. The summed E-state index contributed by atoms with van der Waals surface area (Å²) in [5, 5.41) is 0. The highest BCUT2D eigenvalue weighted by Crippen LogP contribution is 2.35. The van der Waals surface area contributed by atoms with Gasteiger partial charge in [0.15, 0.2) is 0 Å². The number of hydrogen-bond donors (Lipinski definition) is 0. The third kappa shape index (κ3) is 2.65. The highest BCUT2D eigenvalue weighted by atomic mass is 79.9. The van der Waals surface area contributed by atoms with Gasteiger partial charge in [0.1, 0.15) is 5.82 Å². The minimum atomic E-state index is -3.66. The fourth-order valence-corrected chi connectivity index (χ4v) is 4.76. The number of benzene rings is 2. The van der Waals surface area contributed by atoms with E-state index in [1.54, 1.807) is 30.3 Å². The fraction of sp³-hybridized carbons (Fsp3) is 0.250. The Bertz CT molecular complexity index is 805. The molecule has 0 radical (unpaired) electrons. The van der Waals surface area contributed by atoms with Crippen molar-refractivity contribution >= 4 is 31.6 Å². The Morgan fingerprint density at radius 1 is 1.18 bits per heavy atom. The Kier molecular flexibility index (Phi) is 3.99. The molecule has 0 unspecified atom stereocenters. The van der Waals surface area contributed by atoms with Crippen LogP contribution in [-0.4, -0.2) is 14.5 Å². The summed E-state index contributed by atoms with van der Waals surface area (Å²) in [4.78, 5) is 0.236. The number of rotatable bonds is 2. The standard InChI is InChI=1S/C16H15BrFNO2S/c1-11-2-3-12-10-14(18)6-9-16(12)19(11)22(20,21)15-7-4-13(17)5-8-15/h4-11H,2-3H2,1H3/t11-/m1/s1. The highest BCUT2D eigenvalue weighted by molar-refractivity contribution is 9.10. The Hall–Kier alpha value is -1.40. The van der Waals surface area contributed by atoms with E-state index in [1.807, 2.05) is 6.92 Å². The molecule has 3 nitrogen and oxygen atoms in total. The van der Waals surface area contributed by atoms with Crippen LogP contribution in [0.4, 0.5) is 10.1 Å². The maximum atomic E-state index is 13.4. The topological polar surface area (TPSA) is 37.4 Å². The molecule has 0 spiro atoms. The van der Waals surface area contributed by atoms with Gasteiger partial charge in [0.05, 0.1) is 10.6 Å². The van der Waals surface area contributed by atoms with Gasteiger partial charge in [0, 0.05) is 10.5 Å². The maximum absolute atomic E-state index is 13.4. The molecule has 3 rings (SSSR count). The van der Waals surface area contributed by atoms with Crippen LogP contribution in [0.5, 0.6) is 0 Å². The third-order valence-electron chi connectivity index (χ3n) is 3.88. The van der Waals surface area contributed by atoms with E-state index in [-0.39, 0.29) is 16.8 Å². The second-order valence-corrected chi connectivity index (χ2v) is 8.15. The highest BCUT2D eigenvalue weighted by Gasteiger charge is 2.33. The summed E-state index contributed by atoms with van der Waals surface area (Å²) >= 11 is 3.30. The minimum Gasteiger partial charge on any atom is -0.263 e. The van der Waals surface area contributed by atoms with Crippen molar-refractivity contribution in [1.29, 1.82) is 0 Å². The van der Waals surface area contributed by atoms with Crippen LogP contribution in [0.1, 0.15) is 18.9 Å². The number of nitrogens with zero attached hydrogens (tertiary/aromatic N) is 1. The van der Waals surface area contributed by atoms with Gasteiger partial charge < -0.3 is 0 Å². The second-order valence-electron chi connectivity index (χ2n) is 5.42. The lowest BCUT2D eigenvalue weighted by Crippen LogP contribution is -2.42. The van der Waals surface area contributed by atoms with E-state index in [4.69, 9.17) is 0 Å². The molecular weight excluding hydrogens is 369 g/mol. The van der Waals surface area contributed by atoms with Crippen LogP contribution in [0.3, 0.4) is 0 Å². The molecule has 0 saturated carbocycles. The SMILES string of the molecule is C[C@@H]1CCc2cc(F)ccc2N1S(=O)(=O)c1ccc(Br)cc1. The Balaban J connectivity index is 2.12. The summed E-state index contributed by atoms with van der Waals surface area (Å²) in [6.45, 7) is 1.88. The molecule has 22 heavy (non-hydrogen) atoms. The molecule has 0 aliphatic carbocycles. The van der Waals surface area contributed by atoms with Gasteiger partial charge in [-0.2, -0.15) is 0 Å². The maximum Gasteiger partial charge on any atom is 0.264 e. The molecule has 0 aromatic heterocycles. The van der Waals surface area contributed by atoms with Gasteiger partial charge in [0.25, 0.3) is 10.0 Å². The molecule has 0 fully saturated rings. The molecule has 0 amide bonds. The molecule has 0 bridgehead atoms. The summed E-state index contributed by atoms with van der Waals surface area (Å²) in [7, 11) is -3.66. The van der Waals surface area contributed by atoms with Crippen LogP contribution in [-0.2, 0) is 16.4 Å². The quantitative estimate of drug-likeness (QED) is 0.781. The van der Waals surface area contributed by atoms with Crippen LogP contribution in [0.15, 0.2) is 51.8 Å². The van der Waals surface area contributed by atoms with Crippen molar-refractivity contribution < 1.29 is 12.8 Å². The van der Waals surface area contributed by atoms with Gasteiger partial charge >= 0.3 is 0 Å². The van der Waals surface area contributed by atoms with E-state index in [1.165, 1.54) is 16.4 Å². The Morgan fingerprint density at radius 3 is 2.55 bits per heavy atom. The van der Waals surface area contributed by atoms with Crippen molar-refractivity contribution in [2.75, 3.05) is 4.31 Å². The van der Waals surface area contributed by atoms with Crippen molar-refractivity contribution in [3.63, 3.8) is 0 Å². The second kappa shape index (κ2) is 5.66. The first kappa shape index (κ1) is 15.5. The van der Waals surface area contributed by atoms with Gasteiger partial charge in [-0.25, -0.2) is 12.8 Å². The summed E-state index contributed by atoms with van der Waals surface area (Å²) in [6, 6.07) is 10.7. The molecule has 1 aliphatic rings. The smallest absolute Gasteiger partial charge is 0.263 e. The van der Waals surface area contributed by atoms with Crippen LogP contribution in [0.25, 0.3) is 0 Å². The van der Waals surface area contributed by atoms with Gasteiger partial charge in [-0.05, 0) is 67.8 Å². The molecule has 0 N–H and O–H groups in total. The number of anilines is 1. The van der Waals surface area contributed by atoms with E-state index in [0.29, 0.717) is 18.5 Å². The van der Waals surface area contributed by atoms with E-state index >= 15 is 0 Å². The van der Waals surface area contributed by atoms with E-state index in [2.05, 4.69) is 15.9 Å². The zero-order chi connectivity index (χ0) is 15.9. The molecule has 6 heteroatoms. The number of hydrogen-bond acceptors (Lipinski definition) is 2. The lowest BCUT2D eigenvalue weighted by atomic mass is 9.99. The predicted molar refractivity (Wildman–Crippen MR) is 88.0 cm³/mol. The fourth-order valence-electron chi connectivity index (χ4n) is 2.77. The van der Waals surface area contributed by atoms with E-state index in [9.17, 15) is 12.8 Å². The third-order valence-corrected chi connectivity index (χ3v) is 6.35. The lowest BCUT2D eigenvalue weighted by molar-refractivity contribution is 0.560. The molecule has 1 heterocycles. The average molecular weight is 384 g/mol. The molecular formula is C16H15BrFNO2S. The first-order valence-electron chi connectivity index (χ1n) is 6.98. The number of halogens is 2. The summed E-state index contributed by atoms with van der Waals surface area (Å²) in [6.07, 6.45) is 1.35. The normalized spacial score (nSPS) is 18.1. The molecule has 1 aliphatic heterocycles. The number of aryl methyl sites for hydroxylation is 1. The first-order chi connectivity index (χ1) is 10.4. The van der Waals surface area contributed by atoms with Crippen LogP contribution in [0.2, 0.25) is 0 Å². The van der Waals surface area contributed by atoms with E-state index < -0.39 is 10.0 Å². The number of sulfonamides is 1.